The Hall–Kier alpha value is -2.34. The van der Waals surface area contributed by atoms with Crippen LogP contribution in [0.2, 0.25) is 5.02 Å². The van der Waals surface area contributed by atoms with Crippen LogP contribution in [0.15, 0.2) is 60.9 Å². The van der Waals surface area contributed by atoms with Gasteiger partial charge < -0.3 is 14.2 Å². The Labute approximate surface area is 144 Å². The normalized spacial score (nSPS) is 13.2. The first-order chi connectivity index (χ1) is 11.6. The fourth-order valence-electron chi connectivity index (χ4n) is 2.85. The third kappa shape index (κ3) is 2.67. The Morgan fingerprint density at radius 2 is 2.04 bits per heavy atom. The van der Waals surface area contributed by atoms with Crippen LogP contribution in [0.4, 0.5) is 0 Å². The number of nitrogens with zero attached hydrogens (tertiary/aromatic N) is 1. The molecule has 0 saturated heterocycles. The Balaban J connectivity index is 1.66. The molecule has 1 aliphatic heterocycles. The van der Waals surface area contributed by atoms with Crippen LogP contribution in [0.5, 0.6) is 0 Å². The summed E-state index contributed by atoms with van der Waals surface area (Å²) in [5.41, 5.74) is 3.74. The van der Waals surface area contributed by atoms with Crippen LogP contribution in [0, 0.1) is 0 Å². The minimum absolute atomic E-state index is 0.0826. The molecule has 0 spiro atoms. The van der Waals surface area contributed by atoms with E-state index in [9.17, 15) is 9.82 Å². The van der Waals surface area contributed by atoms with Crippen molar-refractivity contribution >= 4 is 30.0 Å². The number of benzene rings is 2. The van der Waals surface area contributed by atoms with Crippen LogP contribution >= 0.6 is 11.6 Å². The van der Waals surface area contributed by atoms with E-state index in [-0.39, 0.29) is 5.78 Å². The molecular formula is C18H13BClNO3. The monoisotopic (exact) mass is 337 g/mol. The van der Waals surface area contributed by atoms with E-state index in [1.165, 1.54) is 0 Å². The molecule has 4 rings (SSSR count). The maximum absolute atomic E-state index is 12.6. The lowest BCUT2D eigenvalue weighted by molar-refractivity contribution is 0.103. The summed E-state index contributed by atoms with van der Waals surface area (Å²) in [5, 5.41) is 10.4. The fourth-order valence-corrected chi connectivity index (χ4v) is 3.04. The molecule has 0 radical (unpaired) electrons. The van der Waals surface area contributed by atoms with E-state index in [2.05, 4.69) is 0 Å². The fraction of sp³-hybridized carbons (Fsp3) is 0.0556. The molecule has 0 saturated carbocycles. The van der Waals surface area contributed by atoms with E-state index >= 15 is 0 Å². The third-order valence-corrected chi connectivity index (χ3v) is 4.37. The first-order valence-corrected chi connectivity index (χ1v) is 7.91. The highest BCUT2D eigenvalue weighted by Crippen LogP contribution is 2.18. The molecule has 3 aromatic rings. The van der Waals surface area contributed by atoms with Crippen LogP contribution in [0.25, 0.3) is 5.69 Å². The van der Waals surface area contributed by atoms with E-state index in [4.69, 9.17) is 16.3 Å². The molecule has 0 bridgehead atoms. The van der Waals surface area contributed by atoms with E-state index < -0.39 is 7.12 Å². The first-order valence-electron chi connectivity index (χ1n) is 7.53. The highest BCUT2D eigenvalue weighted by Gasteiger charge is 2.27. The molecule has 6 heteroatoms. The van der Waals surface area contributed by atoms with Gasteiger partial charge in [-0.2, -0.15) is 0 Å². The number of carbonyl (C=O) groups excluding carboxylic acids is 1. The predicted octanol–water partition coefficient (Wildman–Crippen LogP) is 2.58. The Kier molecular flexibility index (Phi) is 3.77. The lowest BCUT2D eigenvalue weighted by atomic mass is 9.79. The van der Waals surface area contributed by atoms with Gasteiger partial charge in [-0.1, -0.05) is 29.8 Å². The van der Waals surface area contributed by atoms with Crippen molar-refractivity contribution < 1.29 is 14.5 Å². The molecule has 0 aliphatic carbocycles. The minimum atomic E-state index is -0.886. The molecule has 2 aromatic carbocycles. The number of hydrogen-bond donors (Lipinski definition) is 1. The number of halogens is 1. The molecule has 0 amide bonds. The lowest BCUT2D eigenvalue weighted by Gasteiger charge is -2.06. The van der Waals surface area contributed by atoms with Gasteiger partial charge in [0.05, 0.1) is 6.61 Å². The largest absolute Gasteiger partial charge is 0.491 e. The number of aromatic nitrogens is 1. The van der Waals surface area contributed by atoms with E-state index in [1.807, 2.05) is 29.0 Å². The maximum Gasteiger partial charge on any atom is 0.491 e. The second-order valence-electron chi connectivity index (χ2n) is 5.69. The Morgan fingerprint density at radius 3 is 2.88 bits per heavy atom. The molecule has 2 heterocycles. The predicted molar refractivity (Wildman–Crippen MR) is 93.0 cm³/mol. The van der Waals surface area contributed by atoms with Crippen molar-refractivity contribution in [3.63, 3.8) is 0 Å². The lowest BCUT2D eigenvalue weighted by Crippen LogP contribution is -2.28. The van der Waals surface area contributed by atoms with Crippen molar-refractivity contribution in [2.75, 3.05) is 0 Å². The number of carbonyl (C=O) groups is 1. The zero-order valence-electron chi connectivity index (χ0n) is 12.6. The van der Waals surface area contributed by atoms with Crippen molar-refractivity contribution in [2.45, 2.75) is 6.61 Å². The van der Waals surface area contributed by atoms with Gasteiger partial charge in [0.2, 0.25) is 0 Å². The standard InChI is InChI=1S/C18H13BClNO3/c20-15-3-1-2-12(8-15)18(22)13-6-7-21(10-13)16-5-4-14-11-24-19(23)17(14)9-16/h1-10,23H,11H2. The molecule has 118 valence electrons. The van der Waals surface area contributed by atoms with Gasteiger partial charge in [-0.3, -0.25) is 4.79 Å². The number of fused-ring (bicyclic) bond motifs is 1. The molecule has 0 atom stereocenters. The molecule has 24 heavy (non-hydrogen) atoms. The highest BCUT2D eigenvalue weighted by molar-refractivity contribution is 6.61. The minimum Gasteiger partial charge on any atom is -0.423 e. The van der Waals surface area contributed by atoms with Gasteiger partial charge in [-0.15, -0.1) is 0 Å². The quantitative estimate of drug-likeness (QED) is 0.590. The Morgan fingerprint density at radius 1 is 1.17 bits per heavy atom. The molecule has 1 aliphatic rings. The van der Waals surface area contributed by atoms with Crippen molar-refractivity contribution in [1.82, 2.24) is 4.57 Å². The summed E-state index contributed by atoms with van der Waals surface area (Å²) in [6.07, 6.45) is 3.59. The van der Waals surface area contributed by atoms with Gasteiger partial charge in [0.25, 0.3) is 0 Å². The van der Waals surface area contributed by atoms with Gasteiger partial charge in [-0.05, 0) is 41.4 Å². The maximum atomic E-state index is 12.6. The summed E-state index contributed by atoms with van der Waals surface area (Å²) < 4.78 is 7.06. The van der Waals surface area contributed by atoms with Crippen LogP contribution in [-0.2, 0) is 11.3 Å². The van der Waals surface area contributed by atoms with E-state index in [0.29, 0.717) is 22.8 Å². The van der Waals surface area contributed by atoms with Crippen molar-refractivity contribution in [3.05, 3.63) is 82.6 Å². The van der Waals surface area contributed by atoms with Crippen LogP contribution in [0.1, 0.15) is 21.5 Å². The summed E-state index contributed by atoms with van der Waals surface area (Å²) in [5.74, 6) is -0.0826. The average Bonchev–Trinajstić information content (AvgIpc) is 3.21. The van der Waals surface area contributed by atoms with Gasteiger partial charge in [0, 0.05) is 34.2 Å². The second-order valence-corrected chi connectivity index (χ2v) is 6.13. The van der Waals surface area contributed by atoms with E-state index in [1.54, 1.807) is 36.5 Å². The van der Waals surface area contributed by atoms with Gasteiger partial charge >= 0.3 is 7.12 Å². The molecule has 1 N–H and O–H groups in total. The summed E-state index contributed by atoms with van der Waals surface area (Å²) in [6.45, 7) is 0.418. The topological polar surface area (TPSA) is 51.5 Å². The average molecular weight is 338 g/mol. The third-order valence-electron chi connectivity index (χ3n) is 4.13. The Bertz CT molecular complexity index is 938. The summed E-state index contributed by atoms with van der Waals surface area (Å²) in [7, 11) is -0.886. The van der Waals surface area contributed by atoms with Gasteiger partial charge in [0.1, 0.15) is 0 Å². The molecule has 4 nitrogen and oxygen atoms in total. The van der Waals surface area contributed by atoms with Crippen molar-refractivity contribution in [1.29, 1.82) is 0 Å². The summed E-state index contributed by atoms with van der Waals surface area (Å²) >= 11 is 5.95. The van der Waals surface area contributed by atoms with Crippen LogP contribution < -0.4 is 5.46 Å². The molecule has 1 aromatic heterocycles. The summed E-state index contributed by atoms with van der Waals surface area (Å²) in [4.78, 5) is 12.6. The summed E-state index contributed by atoms with van der Waals surface area (Å²) in [6, 6.07) is 14.4. The first kappa shape index (κ1) is 15.2. The number of rotatable bonds is 3. The number of ketones is 1. The van der Waals surface area contributed by atoms with E-state index in [0.717, 1.165) is 16.7 Å². The van der Waals surface area contributed by atoms with Gasteiger partial charge in [0.15, 0.2) is 5.78 Å². The van der Waals surface area contributed by atoms with Gasteiger partial charge in [-0.25, -0.2) is 0 Å². The molecule has 0 unspecified atom stereocenters. The second kappa shape index (κ2) is 5.94. The molecular weight excluding hydrogens is 324 g/mol. The van der Waals surface area contributed by atoms with Crippen LogP contribution in [-0.4, -0.2) is 22.5 Å². The number of hydrogen-bond acceptors (Lipinski definition) is 3. The molecule has 0 fully saturated rings. The van der Waals surface area contributed by atoms with Crippen molar-refractivity contribution in [3.8, 4) is 5.69 Å². The smallest absolute Gasteiger partial charge is 0.423 e. The zero-order valence-corrected chi connectivity index (χ0v) is 13.4. The zero-order chi connectivity index (χ0) is 16.7. The highest BCUT2D eigenvalue weighted by atomic mass is 35.5. The SMILES string of the molecule is O=C(c1cccc(Cl)c1)c1ccn(-c2ccc3c(c2)B(O)OC3)c1. The van der Waals surface area contributed by atoms with Crippen LogP contribution in [0.3, 0.4) is 0 Å². The van der Waals surface area contributed by atoms with Crippen molar-refractivity contribution in [2.24, 2.45) is 0 Å².